The molecule has 0 amide bonds. The highest BCUT2D eigenvalue weighted by atomic mass is 14.2. The highest BCUT2D eigenvalue weighted by molar-refractivity contribution is 5.32. The van der Waals surface area contributed by atoms with E-state index >= 15 is 0 Å². The maximum Gasteiger partial charge on any atom is 0.0101 e. The van der Waals surface area contributed by atoms with E-state index in [4.69, 9.17) is 0 Å². The van der Waals surface area contributed by atoms with Crippen LogP contribution in [0.3, 0.4) is 0 Å². The molecule has 1 aromatic rings. The van der Waals surface area contributed by atoms with E-state index in [1.165, 1.54) is 5.56 Å². The summed E-state index contributed by atoms with van der Waals surface area (Å²) in [5.41, 5.74) is 1.40. The summed E-state index contributed by atoms with van der Waals surface area (Å²) in [5, 5.41) is 0. The van der Waals surface area contributed by atoms with Crippen LogP contribution in [-0.4, -0.2) is 0 Å². The molecule has 0 fully saturated rings. The SMILES string of the molecule is CC(C)[C](c1ccccc1)C(C)C. The molecule has 0 unspecified atom stereocenters. The maximum atomic E-state index is 2.27. The van der Waals surface area contributed by atoms with Crippen molar-refractivity contribution in [3.8, 4) is 0 Å². The Morgan fingerprint density at radius 2 is 1.31 bits per heavy atom. The van der Waals surface area contributed by atoms with Gasteiger partial charge in [0, 0.05) is 5.92 Å². The van der Waals surface area contributed by atoms with Crippen molar-refractivity contribution in [2.75, 3.05) is 0 Å². The minimum atomic E-state index is 0.641. The molecule has 71 valence electrons. The summed E-state index contributed by atoms with van der Waals surface area (Å²) >= 11 is 0. The standard InChI is InChI=1S/C13H19/c1-10(2)13(11(3)4)12-8-6-5-7-9-12/h5-11H,1-4H3. The monoisotopic (exact) mass is 175 g/mol. The Labute approximate surface area is 82.0 Å². The largest absolute Gasteiger partial charge is 0.0622 e. The van der Waals surface area contributed by atoms with Gasteiger partial charge in [0.1, 0.15) is 0 Å². The quantitative estimate of drug-likeness (QED) is 0.653. The molecule has 0 spiro atoms. The van der Waals surface area contributed by atoms with Crippen LogP contribution in [0.15, 0.2) is 30.3 Å². The van der Waals surface area contributed by atoms with Gasteiger partial charge in [-0.15, -0.1) is 0 Å². The first-order valence-corrected chi connectivity index (χ1v) is 5.05. The highest BCUT2D eigenvalue weighted by Gasteiger charge is 2.19. The zero-order valence-electron chi connectivity index (χ0n) is 9.04. The van der Waals surface area contributed by atoms with Gasteiger partial charge in [0.2, 0.25) is 0 Å². The molecule has 0 atom stereocenters. The molecule has 0 heterocycles. The van der Waals surface area contributed by atoms with Crippen LogP contribution in [0.25, 0.3) is 0 Å². The van der Waals surface area contributed by atoms with Crippen LogP contribution < -0.4 is 0 Å². The molecule has 1 radical (unpaired) electrons. The lowest BCUT2D eigenvalue weighted by Crippen LogP contribution is -2.14. The number of hydrogen-bond acceptors (Lipinski definition) is 0. The van der Waals surface area contributed by atoms with Crippen LogP contribution in [0.4, 0.5) is 0 Å². The van der Waals surface area contributed by atoms with Crippen molar-refractivity contribution >= 4 is 0 Å². The lowest BCUT2D eigenvalue weighted by Gasteiger charge is -2.24. The molecule has 0 saturated heterocycles. The minimum absolute atomic E-state index is 0.641. The number of benzene rings is 1. The minimum Gasteiger partial charge on any atom is -0.0622 e. The van der Waals surface area contributed by atoms with Crippen molar-refractivity contribution in [2.45, 2.75) is 27.7 Å². The highest BCUT2D eigenvalue weighted by Crippen LogP contribution is 2.30. The summed E-state index contributed by atoms with van der Waals surface area (Å²) in [5.74, 6) is 2.84. The van der Waals surface area contributed by atoms with Gasteiger partial charge in [-0.25, -0.2) is 0 Å². The summed E-state index contributed by atoms with van der Waals surface area (Å²) in [4.78, 5) is 0. The predicted molar refractivity (Wildman–Crippen MR) is 58.5 cm³/mol. The van der Waals surface area contributed by atoms with Gasteiger partial charge in [-0.3, -0.25) is 0 Å². The summed E-state index contributed by atoms with van der Waals surface area (Å²) in [6.07, 6.45) is 0. The van der Waals surface area contributed by atoms with Crippen molar-refractivity contribution in [1.29, 1.82) is 0 Å². The van der Waals surface area contributed by atoms with Crippen molar-refractivity contribution in [3.63, 3.8) is 0 Å². The van der Waals surface area contributed by atoms with E-state index in [2.05, 4.69) is 58.0 Å². The van der Waals surface area contributed by atoms with Crippen molar-refractivity contribution in [1.82, 2.24) is 0 Å². The Bertz CT molecular complexity index is 225. The molecule has 0 aromatic heterocycles. The van der Waals surface area contributed by atoms with Gasteiger partial charge in [0.15, 0.2) is 0 Å². The van der Waals surface area contributed by atoms with E-state index in [-0.39, 0.29) is 0 Å². The first-order chi connectivity index (χ1) is 6.13. The van der Waals surface area contributed by atoms with Gasteiger partial charge in [0.05, 0.1) is 0 Å². The second-order valence-corrected chi connectivity index (χ2v) is 4.13. The Balaban J connectivity index is 2.89. The average Bonchev–Trinajstić information content (AvgIpc) is 2.04. The fraction of sp³-hybridized carbons (Fsp3) is 0.462. The molecule has 0 bridgehead atoms. The summed E-state index contributed by atoms with van der Waals surface area (Å²) in [7, 11) is 0. The molecular formula is C13H19. The first kappa shape index (κ1) is 10.3. The van der Waals surface area contributed by atoms with E-state index in [1.54, 1.807) is 5.92 Å². The zero-order chi connectivity index (χ0) is 9.84. The molecule has 0 aliphatic carbocycles. The van der Waals surface area contributed by atoms with E-state index < -0.39 is 0 Å². The second kappa shape index (κ2) is 4.45. The van der Waals surface area contributed by atoms with Gasteiger partial charge in [0.25, 0.3) is 0 Å². The molecule has 0 saturated carbocycles. The van der Waals surface area contributed by atoms with Crippen LogP contribution in [0.2, 0.25) is 0 Å². The lowest BCUT2D eigenvalue weighted by molar-refractivity contribution is 0.542. The van der Waals surface area contributed by atoms with Crippen LogP contribution in [0.1, 0.15) is 33.3 Å². The Morgan fingerprint density at radius 1 is 0.846 bits per heavy atom. The van der Waals surface area contributed by atoms with Gasteiger partial charge in [-0.1, -0.05) is 58.0 Å². The third kappa shape index (κ3) is 2.58. The molecular weight excluding hydrogens is 156 g/mol. The van der Waals surface area contributed by atoms with Crippen LogP contribution in [0, 0.1) is 17.8 Å². The topological polar surface area (TPSA) is 0 Å². The average molecular weight is 175 g/mol. The van der Waals surface area contributed by atoms with Crippen LogP contribution >= 0.6 is 0 Å². The van der Waals surface area contributed by atoms with Gasteiger partial charge < -0.3 is 0 Å². The Morgan fingerprint density at radius 3 is 1.69 bits per heavy atom. The molecule has 0 N–H and O–H groups in total. The van der Waals surface area contributed by atoms with Crippen molar-refractivity contribution < 1.29 is 0 Å². The lowest BCUT2D eigenvalue weighted by atomic mass is 9.80. The molecule has 13 heavy (non-hydrogen) atoms. The zero-order valence-corrected chi connectivity index (χ0v) is 9.04. The van der Waals surface area contributed by atoms with Gasteiger partial charge >= 0.3 is 0 Å². The molecule has 0 nitrogen and oxygen atoms in total. The first-order valence-electron chi connectivity index (χ1n) is 5.05. The second-order valence-electron chi connectivity index (χ2n) is 4.13. The third-order valence-electron chi connectivity index (χ3n) is 2.35. The summed E-state index contributed by atoms with van der Waals surface area (Å²) < 4.78 is 0. The smallest absolute Gasteiger partial charge is 0.0101 e. The van der Waals surface area contributed by atoms with Gasteiger partial charge in [-0.05, 0) is 17.4 Å². The van der Waals surface area contributed by atoms with Crippen molar-refractivity contribution in [2.24, 2.45) is 11.8 Å². The Hall–Kier alpha value is -0.780. The van der Waals surface area contributed by atoms with E-state index in [0.29, 0.717) is 11.8 Å². The summed E-state index contributed by atoms with van der Waals surface area (Å²) in [6.45, 7) is 9.06. The van der Waals surface area contributed by atoms with Crippen molar-refractivity contribution in [3.05, 3.63) is 41.8 Å². The third-order valence-corrected chi connectivity index (χ3v) is 2.35. The molecule has 0 aliphatic heterocycles. The van der Waals surface area contributed by atoms with E-state index in [0.717, 1.165) is 0 Å². The Kier molecular flexibility index (Phi) is 3.53. The van der Waals surface area contributed by atoms with Crippen LogP contribution in [0.5, 0.6) is 0 Å². The number of rotatable bonds is 3. The molecule has 0 aliphatic rings. The fourth-order valence-electron chi connectivity index (χ4n) is 1.96. The number of hydrogen-bond donors (Lipinski definition) is 0. The van der Waals surface area contributed by atoms with Gasteiger partial charge in [-0.2, -0.15) is 0 Å². The van der Waals surface area contributed by atoms with E-state index in [1.807, 2.05) is 0 Å². The molecule has 1 aromatic carbocycles. The molecule has 1 rings (SSSR count). The molecule has 0 heteroatoms. The van der Waals surface area contributed by atoms with E-state index in [9.17, 15) is 0 Å². The van der Waals surface area contributed by atoms with Crippen LogP contribution in [-0.2, 0) is 0 Å². The fourth-order valence-corrected chi connectivity index (χ4v) is 1.96. The maximum absolute atomic E-state index is 2.27. The normalized spacial score (nSPS) is 11.6. The summed E-state index contributed by atoms with van der Waals surface area (Å²) in [6, 6.07) is 10.7. The predicted octanol–water partition coefficient (Wildman–Crippen LogP) is 3.92.